The molecule has 160 valence electrons. The molecule has 0 saturated carbocycles. The van der Waals surface area contributed by atoms with Crippen LogP contribution >= 0.6 is 34.8 Å². The van der Waals surface area contributed by atoms with Crippen LogP contribution < -0.4 is 10.6 Å². The maximum absolute atomic E-state index is 12.9. The molecule has 2 aromatic rings. The van der Waals surface area contributed by atoms with Crippen LogP contribution in [0.4, 0.5) is 15.8 Å². The van der Waals surface area contributed by atoms with Crippen LogP contribution in [0.15, 0.2) is 36.4 Å². The van der Waals surface area contributed by atoms with E-state index < -0.39 is 0 Å². The van der Waals surface area contributed by atoms with Crippen LogP contribution in [-0.2, 0) is 9.59 Å². The largest absolute Gasteiger partial charge is 0.325 e. The van der Waals surface area contributed by atoms with Crippen LogP contribution in [0.25, 0.3) is 0 Å². The van der Waals surface area contributed by atoms with Gasteiger partial charge >= 0.3 is 0 Å². The third kappa shape index (κ3) is 6.55. The van der Waals surface area contributed by atoms with Gasteiger partial charge in [0.2, 0.25) is 11.8 Å². The molecular weight excluding hydrogens is 454 g/mol. The number of nitrogens with one attached hydrogen (secondary N) is 2. The number of halogens is 4. The Labute approximate surface area is 188 Å². The second-order valence-corrected chi connectivity index (χ2v) is 8.15. The molecule has 0 spiro atoms. The summed E-state index contributed by atoms with van der Waals surface area (Å²) < 4.78 is 12.9. The van der Waals surface area contributed by atoms with Gasteiger partial charge in [-0.05, 0) is 36.4 Å². The minimum absolute atomic E-state index is 0.167. The molecule has 2 N–H and O–H groups in total. The van der Waals surface area contributed by atoms with Crippen LogP contribution in [0.5, 0.6) is 0 Å². The number of carbonyl (C=O) groups is 2. The molecule has 6 nitrogen and oxygen atoms in total. The first-order chi connectivity index (χ1) is 14.3. The summed E-state index contributed by atoms with van der Waals surface area (Å²) in [5.74, 6) is -0.753. The number of rotatable bonds is 6. The summed E-state index contributed by atoms with van der Waals surface area (Å²) in [7, 11) is 0. The topological polar surface area (TPSA) is 64.7 Å². The number of anilines is 2. The Morgan fingerprint density at radius 2 is 1.30 bits per heavy atom. The van der Waals surface area contributed by atoms with Crippen molar-refractivity contribution < 1.29 is 14.0 Å². The Kier molecular flexibility index (Phi) is 7.91. The molecule has 0 radical (unpaired) electrons. The van der Waals surface area contributed by atoms with Gasteiger partial charge in [-0.3, -0.25) is 19.4 Å². The molecule has 0 aromatic heterocycles. The smallest absolute Gasteiger partial charge is 0.238 e. The van der Waals surface area contributed by atoms with Crippen molar-refractivity contribution in [1.29, 1.82) is 0 Å². The highest BCUT2D eigenvalue weighted by atomic mass is 35.5. The molecule has 0 atom stereocenters. The summed E-state index contributed by atoms with van der Waals surface area (Å²) in [4.78, 5) is 28.5. The van der Waals surface area contributed by atoms with Gasteiger partial charge in [0.15, 0.2) is 0 Å². The third-order valence-corrected chi connectivity index (χ3v) is 5.41. The lowest BCUT2D eigenvalue weighted by atomic mass is 10.2. The quantitative estimate of drug-likeness (QED) is 0.666. The van der Waals surface area contributed by atoms with Gasteiger partial charge in [0, 0.05) is 36.9 Å². The minimum Gasteiger partial charge on any atom is -0.325 e. The molecule has 1 aliphatic heterocycles. The molecule has 1 fully saturated rings. The molecule has 0 unspecified atom stereocenters. The molecule has 2 amide bonds. The third-order valence-electron chi connectivity index (χ3n) is 4.60. The van der Waals surface area contributed by atoms with Crippen molar-refractivity contribution in [3.05, 3.63) is 57.3 Å². The molecule has 2 aromatic carbocycles. The van der Waals surface area contributed by atoms with Crippen molar-refractivity contribution in [2.75, 3.05) is 49.9 Å². The molecule has 1 saturated heterocycles. The zero-order valence-corrected chi connectivity index (χ0v) is 18.2. The molecule has 3 rings (SSSR count). The van der Waals surface area contributed by atoms with E-state index in [9.17, 15) is 14.0 Å². The van der Waals surface area contributed by atoms with E-state index in [0.29, 0.717) is 42.6 Å². The van der Waals surface area contributed by atoms with Crippen LogP contribution in [-0.4, -0.2) is 60.9 Å². The average Bonchev–Trinajstić information content (AvgIpc) is 2.68. The van der Waals surface area contributed by atoms with Crippen LogP contribution in [0, 0.1) is 5.82 Å². The van der Waals surface area contributed by atoms with Crippen molar-refractivity contribution in [2.45, 2.75) is 0 Å². The van der Waals surface area contributed by atoms with E-state index in [-0.39, 0.29) is 40.8 Å². The fraction of sp³-hybridized carbons (Fsp3) is 0.300. The van der Waals surface area contributed by atoms with E-state index >= 15 is 0 Å². The van der Waals surface area contributed by atoms with E-state index in [1.54, 1.807) is 0 Å². The predicted octanol–water partition coefficient (Wildman–Crippen LogP) is 3.98. The van der Waals surface area contributed by atoms with Crippen LogP contribution in [0.1, 0.15) is 0 Å². The van der Waals surface area contributed by atoms with Gasteiger partial charge in [0.1, 0.15) is 5.82 Å². The standard InChI is InChI=1S/C20H20Cl3FN4O2/c21-13-9-16(22)20(17(23)10-13)26-19(30)12-28-7-5-27(6-8-28)11-18(29)25-15-3-1-14(24)2-4-15/h1-4,9-10H,5-8,11-12H2,(H,25,29)(H,26,30). The summed E-state index contributed by atoms with van der Waals surface area (Å²) in [6.45, 7) is 2.98. The van der Waals surface area contributed by atoms with Crippen molar-refractivity contribution in [3.63, 3.8) is 0 Å². The molecule has 1 heterocycles. The van der Waals surface area contributed by atoms with Crippen molar-refractivity contribution in [2.24, 2.45) is 0 Å². The maximum Gasteiger partial charge on any atom is 0.238 e. The van der Waals surface area contributed by atoms with E-state index in [4.69, 9.17) is 34.8 Å². The highest BCUT2D eigenvalue weighted by Gasteiger charge is 2.21. The van der Waals surface area contributed by atoms with Crippen molar-refractivity contribution in [3.8, 4) is 0 Å². The fourth-order valence-corrected chi connectivity index (χ4v) is 4.00. The average molecular weight is 474 g/mol. The zero-order valence-electron chi connectivity index (χ0n) is 15.9. The lowest BCUT2D eigenvalue weighted by Gasteiger charge is -2.33. The summed E-state index contributed by atoms with van der Waals surface area (Å²) in [6.07, 6.45) is 0. The van der Waals surface area contributed by atoms with Gasteiger partial charge in [-0.25, -0.2) is 4.39 Å². The molecule has 0 bridgehead atoms. The Balaban J connectivity index is 1.42. The summed E-state index contributed by atoms with van der Waals surface area (Å²) in [5.41, 5.74) is 0.889. The number of carbonyl (C=O) groups excluding carboxylic acids is 2. The Hall–Kier alpha value is -1.90. The van der Waals surface area contributed by atoms with Gasteiger partial charge in [0.25, 0.3) is 0 Å². The molecule has 10 heteroatoms. The maximum atomic E-state index is 12.9. The van der Waals surface area contributed by atoms with Gasteiger partial charge in [0.05, 0.1) is 28.8 Å². The fourth-order valence-electron chi connectivity index (χ4n) is 3.09. The van der Waals surface area contributed by atoms with E-state index in [1.165, 1.54) is 36.4 Å². The Morgan fingerprint density at radius 3 is 1.80 bits per heavy atom. The molecule has 0 aliphatic carbocycles. The second-order valence-electron chi connectivity index (χ2n) is 6.90. The van der Waals surface area contributed by atoms with Crippen molar-refractivity contribution >= 4 is 58.0 Å². The monoisotopic (exact) mass is 472 g/mol. The predicted molar refractivity (Wildman–Crippen MR) is 118 cm³/mol. The van der Waals surface area contributed by atoms with Crippen LogP contribution in [0.2, 0.25) is 15.1 Å². The Morgan fingerprint density at radius 1 is 0.833 bits per heavy atom. The summed E-state index contributed by atoms with van der Waals surface area (Å²) >= 11 is 18.1. The number of hydrogen-bond acceptors (Lipinski definition) is 4. The van der Waals surface area contributed by atoms with Crippen molar-refractivity contribution in [1.82, 2.24) is 9.80 Å². The van der Waals surface area contributed by atoms with Crippen LogP contribution in [0.3, 0.4) is 0 Å². The van der Waals surface area contributed by atoms with E-state index in [1.807, 2.05) is 9.80 Å². The summed E-state index contributed by atoms with van der Waals surface area (Å²) in [5, 5.41) is 6.41. The molecular formula is C20H20Cl3FN4O2. The highest BCUT2D eigenvalue weighted by Crippen LogP contribution is 2.33. The minimum atomic E-state index is -0.353. The lowest BCUT2D eigenvalue weighted by Crippen LogP contribution is -2.50. The van der Waals surface area contributed by atoms with E-state index in [2.05, 4.69) is 10.6 Å². The molecule has 30 heavy (non-hydrogen) atoms. The number of nitrogens with zero attached hydrogens (tertiary/aromatic N) is 2. The summed E-state index contributed by atoms with van der Waals surface area (Å²) in [6, 6.07) is 8.65. The zero-order chi connectivity index (χ0) is 21.7. The van der Waals surface area contributed by atoms with Gasteiger partial charge < -0.3 is 10.6 Å². The second kappa shape index (κ2) is 10.4. The first-order valence-corrected chi connectivity index (χ1v) is 10.4. The molecule has 1 aliphatic rings. The van der Waals surface area contributed by atoms with Gasteiger partial charge in [-0.15, -0.1) is 0 Å². The lowest BCUT2D eigenvalue weighted by molar-refractivity contribution is -0.120. The first kappa shape index (κ1) is 22.8. The number of hydrogen-bond donors (Lipinski definition) is 2. The highest BCUT2D eigenvalue weighted by molar-refractivity contribution is 6.42. The number of amides is 2. The Bertz CT molecular complexity index is 896. The first-order valence-electron chi connectivity index (χ1n) is 9.24. The SMILES string of the molecule is O=C(CN1CCN(CC(=O)Nc2c(Cl)cc(Cl)cc2Cl)CC1)Nc1ccc(F)cc1. The normalized spacial score (nSPS) is 15.1. The van der Waals surface area contributed by atoms with Gasteiger partial charge in [-0.1, -0.05) is 34.8 Å². The number of benzene rings is 2. The van der Waals surface area contributed by atoms with E-state index in [0.717, 1.165) is 0 Å². The number of piperazine rings is 1. The van der Waals surface area contributed by atoms with Gasteiger partial charge in [-0.2, -0.15) is 0 Å².